The predicted molar refractivity (Wildman–Crippen MR) is 343 cm³/mol. The summed E-state index contributed by atoms with van der Waals surface area (Å²) in [4.78, 5) is 99.0. The highest BCUT2D eigenvalue weighted by atomic mass is 16.6. The molecular formula is C63H81N17O7. The van der Waals surface area contributed by atoms with Crippen LogP contribution in [-0.4, -0.2) is 136 Å². The van der Waals surface area contributed by atoms with Crippen molar-refractivity contribution in [2.24, 2.45) is 0 Å². The van der Waals surface area contributed by atoms with Crippen molar-refractivity contribution in [3.05, 3.63) is 144 Å². The van der Waals surface area contributed by atoms with E-state index in [1.54, 1.807) is 145 Å². The molecule has 0 spiro atoms. The number of aromatic nitrogens is 4. The van der Waals surface area contributed by atoms with Crippen molar-refractivity contribution in [1.82, 2.24) is 34.6 Å². The van der Waals surface area contributed by atoms with E-state index in [0.717, 1.165) is 12.8 Å². The Morgan fingerprint density at radius 2 is 0.977 bits per heavy atom. The highest BCUT2D eigenvalue weighted by Gasteiger charge is 2.28. The molecule has 87 heavy (non-hydrogen) atoms. The van der Waals surface area contributed by atoms with Crippen molar-refractivity contribution in [2.75, 3.05) is 90.4 Å². The lowest BCUT2D eigenvalue weighted by Crippen LogP contribution is -2.45. The lowest BCUT2D eigenvalue weighted by Gasteiger charge is -2.28. The Bertz CT molecular complexity index is 3440. The molecule has 0 aliphatic carbocycles. The molecule has 6 rings (SSSR count). The van der Waals surface area contributed by atoms with E-state index < -0.39 is 41.5 Å². The summed E-state index contributed by atoms with van der Waals surface area (Å²) in [6.07, 6.45) is 7.02. The number of hydrogen-bond donors (Lipinski definition) is 8. The van der Waals surface area contributed by atoms with Gasteiger partial charge >= 0.3 is 6.09 Å². The van der Waals surface area contributed by atoms with Crippen molar-refractivity contribution in [1.29, 1.82) is 10.5 Å². The van der Waals surface area contributed by atoms with Gasteiger partial charge in [-0.25, -0.2) is 14.8 Å². The van der Waals surface area contributed by atoms with Gasteiger partial charge in [0.15, 0.2) is 0 Å². The number of ether oxygens (including phenoxy) is 1. The van der Waals surface area contributed by atoms with Gasteiger partial charge in [0.25, 0.3) is 11.8 Å². The van der Waals surface area contributed by atoms with E-state index >= 15 is 0 Å². The van der Waals surface area contributed by atoms with Crippen LogP contribution in [0.1, 0.15) is 108 Å². The molecule has 2 aromatic heterocycles. The van der Waals surface area contributed by atoms with E-state index in [2.05, 4.69) is 74.6 Å². The minimum atomic E-state index is -0.808. The second-order valence-electron chi connectivity index (χ2n) is 20.5. The summed E-state index contributed by atoms with van der Waals surface area (Å²) in [5.41, 5.74) is 3.80. The molecule has 6 aromatic rings. The first-order chi connectivity index (χ1) is 40.5. The third kappa shape index (κ3) is 22.6. The van der Waals surface area contributed by atoms with Gasteiger partial charge in [-0.05, 0) is 134 Å². The number of rotatable bonds is 23. The summed E-state index contributed by atoms with van der Waals surface area (Å²) < 4.78 is 5.33. The Morgan fingerprint density at radius 1 is 0.586 bits per heavy atom. The monoisotopic (exact) mass is 1190 g/mol. The molecule has 6 amide bonds. The molecule has 8 N–H and O–H groups in total. The maximum absolute atomic E-state index is 13.3. The van der Waals surface area contributed by atoms with E-state index in [1.165, 1.54) is 35.3 Å². The molecule has 460 valence electrons. The zero-order chi connectivity index (χ0) is 62.2. The highest BCUT2D eigenvalue weighted by molar-refractivity contribution is 6.09. The molecule has 0 saturated heterocycles. The van der Waals surface area contributed by atoms with Gasteiger partial charge in [-0.15, -0.1) is 0 Å². The molecule has 24 heteroatoms. The maximum Gasteiger partial charge on any atom is 0.410 e. The van der Waals surface area contributed by atoms with Gasteiger partial charge in [-0.3, -0.25) is 28.9 Å². The summed E-state index contributed by atoms with van der Waals surface area (Å²) in [7, 11) is 6.86. The van der Waals surface area contributed by atoms with Crippen molar-refractivity contribution in [3.63, 3.8) is 0 Å². The minimum Gasteiger partial charge on any atom is -0.444 e. The van der Waals surface area contributed by atoms with Crippen LogP contribution in [0.4, 0.5) is 62.5 Å². The van der Waals surface area contributed by atoms with Gasteiger partial charge < -0.3 is 57.1 Å². The van der Waals surface area contributed by atoms with E-state index in [1.807, 2.05) is 32.8 Å². The summed E-state index contributed by atoms with van der Waals surface area (Å²) >= 11 is 0. The number of hydrogen-bond acceptors (Lipinski definition) is 18. The number of anilines is 10. The van der Waals surface area contributed by atoms with Gasteiger partial charge in [0.2, 0.25) is 29.6 Å². The zero-order valence-electron chi connectivity index (χ0n) is 49.6. The van der Waals surface area contributed by atoms with Crippen molar-refractivity contribution in [2.45, 2.75) is 93.8 Å². The molecule has 0 radical (unpaired) electrons. The highest BCUT2D eigenvalue weighted by Crippen LogP contribution is 2.25. The first-order valence-corrected chi connectivity index (χ1v) is 27.3. The fraction of sp³-hybridized carbons (Fsp3) is 0.333. The van der Waals surface area contributed by atoms with Crippen LogP contribution < -0.4 is 42.5 Å². The van der Waals surface area contributed by atoms with E-state index in [9.17, 15) is 28.8 Å². The molecule has 4 aromatic carbocycles. The average Bonchev–Trinajstić information content (AvgIpc) is 2.61. The van der Waals surface area contributed by atoms with Gasteiger partial charge in [0.05, 0.1) is 23.3 Å². The van der Waals surface area contributed by atoms with Crippen LogP contribution in [0.5, 0.6) is 0 Å². The van der Waals surface area contributed by atoms with Crippen LogP contribution in [0.3, 0.4) is 0 Å². The fourth-order valence-corrected chi connectivity index (χ4v) is 7.32. The number of likely N-dealkylation sites (N-methyl/N-ethyl adjacent to an activating group) is 3. The summed E-state index contributed by atoms with van der Waals surface area (Å²) in [6, 6.07) is 29.8. The Kier molecular flexibility index (Phi) is 28.0. The quantitative estimate of drug-likeness (QED) is 0.0276. The van der Waals surface area contributed by atoms with Crippen molar-refractivity contribution in [3.8, 4) is 12.1 Å². The summed E-state index contributed by atoms with van der Waals surface area (Å²) in [6.45, 7) is 14.3. The Morgan fingerprint density at radius 3 is 1.37 bits per heavy atom. The number of nitrogens with zero attached hydrogens (tertiary/aromatic N) is 9. The third-order valence-corrected chi connectivity index (χ3v) is 12.1. The number of carbonyl (C=O) groups excluding carboxylic acids is 6. The second kappa shape index (κ2) is 34.3. The van der Waals surface area contributed by atoms with Gasteiger partial charge in [-0.1, -0.05) is 59.0 Å². The molecule has 0 bridgehead atoms. The largest absolute Gasteiger partial charge is 0.444 e. The van der Waals surface area contributed by atoms with Crippen LogP contribution in [0, 0.1) is 22.7 Å². The molecule has 0 saturated carbocycles. The van der Waals surface area contributed by atoms with Crippen LogP contribution in [0.25, 0.3) is 0 Å². The predicted octanol–water partition coefficient (Wildman–Crippen LogP) is 10.7. The maximum atomic E-state index is 13.3. The third-order valence-electron chi connectivity index (χ3n) is 12.1. The van der Waals surface area contributed by atoms with Crippen LogP contribution >= 0.6 is 0 Å². The zero-order valence-corrected chi connectivity index (χ0v) is 49.6. The van der Waals surface area contributed by atoms with E-state index in [-0.39, 0.29) is 49.7 Å². The van der Waals surface area contributed by atoms with E-state index in [0.29, 0.717) is 76.5 Å². The van der Waals surface area contributed by atoms with Crippen LogP contribution in [0.2, 0.25) is 0 Å². The number of amides is 6. The number of nitrogens with one attached hydrogen (secondary N) is 8. The number of benzene rings is 4. The van der Waals surface area contributed by atoms with Crippen LogP contribution in [0.15, 0.2) is 122 Å². The molecule has 24 nitrogen and oxygen atoms in total. The molecule has 0 aliphatic heterocycles. The molecular weight excluding hydrogens is 1110 g/mol. The first kappa shape index (κ1) is 70.8. The molecule has 2 heterocycles. The Labute approximate surface area is 510 Å². The Hall–Kier alpha value is -10.5. The fourth-order valence-electron chi connectivity index (χ4n) is 7.32. The van der Waals surface area contributed by atoms with Gasteiger partial charge in [-0.2, -0.15) is 20.5 Å². The SMILES string of the molecule is C.C.CCCNc1nc(Nc2cccc(C#N)c2)ncc1C(=O)Nc1cccc(NC(=O)[C@H](C)N(C)C(=O)/C=C/CN(C)C)c1.CCCNc1nc(Nc2cccc(C#N)c2)ncc1C(=O)Nc1cccc(NC(=O)[C@H](C)N(C)C(=O)OC(C)(C)C)c1. The molecule has 2 atom stereocenters. The van der Waals surface area contributed by atoms with Gasteiger partial charge in [0, 0.05) is 86.3 Å². The molecule has 0 aliphatic rings. The van der Waals surface area contributed by atoms with Crippen LogP contribution in [-0.2, 0) is 19.1 Å². The lowest BCUT2D eigenvalue weighted by atomic mass is 10.2. The second-order valence-corrected chi connectivity index (χ2v) is 20.5. The van der Waals surface area contributed by atoms with E-state index in [4.69, 9.17) is 15.3 Å². The lowest BCUT2D eigenvalue weighted by molar-refractivity contribution is -0.132. The molecule has 0 unspecified atom stereocenters. The Balaban J connectivity index is 0.000000445. The topological polar surface area (TPSA) is 317 Å². The first-order valence-electron chi connectivity index (χ1n) is 27.3. The van der Waals surface area contributed by atoms with Crippen molar-refractivity contribution >= 4 is 93.3 Å². The summed E-state index contributed by atoms with van der Waals surface area (Å²) in [5.74, 6) is -0.756. The number of carbonyl (C=O) groups is 6. The van der Waals surface area contributed by atoms with Gasteiger partial charge in [0.1, 0.15) is 40.4 Å². The molecule has 0 fully saturated rings. The minimum absolute atomic E-state index is 0. The standard InChI is InChI=1S/C31H37N9O3.C30H36N8O4.2CH4/c1-6-15-33-28-26(20-34-31(38-28)37-23-11-7-10-22(17-23)19-32)30(43)36-25-13-8-12-24(18-25)35-29(42)21(2)40(5)27(41)14-9-16-39(3)4;1-7-14-32-25-24(18-33-28(37-25)36-21-11-8-10-20(15-21)17-31)27(40)35-23-13-9-12-22(16-23)34-26(39)19(2)38(6)29(41)42-30(3,4)5;;/h7-14,17-18,20-21H,6,15-16H2,1-5H3,(H,35,42)(H,36,43)(H2,33,34,37,38);8-13,15-16,18-19H,7,14H2,1-6H3,(H,34,39)(H,35,40)(H2,32,33,36,37);2*1H4/b14-9+;;;/t21-;19-;;/m00../s1. The summed E-state index contributed by atoms with van der Waals surface area (Å²) in [5, 5.41) is 42.0. The smallest absolute Gasteiger partial charge is 0.410 e. The van der Waals surface area contributed by atoms with Crippen molar-refractivity contribution < 1.29 is 33.5 Å². The normalized spacial score (nSPS) is 11.2. The number of nitriles is 2. The average molecular weight is 1190 g/mol.